The Morgan fingerprint density at radius 2 is 1.50 bits per heavy atom. The second-order valence-corrected chi connectivity index (χ2v) is 14.3. The minimum atomic E-state index is -2.73. The summed E-state index contributed by atoms with van der Waals surface area (Å²) in [6.07, 6.45) is 2.25. The molecular formula is C7H18BrO3P. The topological polar surface area (TPSA) is 60.7 Å². The molecule has 0 atom stereocenters. The molecule has 5 heteroatoms. The Morgan fingerprint density at radius 3 is 1.75 bits per heavy atom. The fourth-order valence-corrected chi connectivity index (χ4v) is 3.45. The van der Waals surface area contributed by atoms with Crippen molar-refractivity contribution in [1.29, 1.82) is 0 Å². The monoisotopic (exact) mass is 260 g/mol. The van der Waals surface area contributed by atoms with E-state index in [1.54, 1.807) is 0 Å². The molecule has 0 saturated carbocycles. The van der Waals surface area contributed by atoms with Crippen LogP contribution >= 0.6 is 20.8 Å². The van der Waals surface area contributed by atoms with Crippen LogP contribution in [0, 0.1) is 0 Å². The third kappa shape index (κ3) is 2.93. The van der Waals surface area contributed by atoms with Crippen LogP contribution in [0.5, 0.6) is 0 Å². The van der Waals surface area contributed by atoms with E-state index in [2.05, 4.69) is 15.5 Å². The summed E-state index contributed by atoms with van der Waals surface area (Å²) in [5, 5.41) is 24.7. The first-order chi connectivity index (χ1) is 5.54. The molecule has 0 spiro atoms. The molecule has 3 N–H and O–H groups in total. The van der Waals surface area contributed by atoms with E-state index in [1.165, 1.54) is 0 Å². The molecule has 0 rings (SSSR count). The van der Waals surface area contributed by atoms with Crippen LogP contribution in [0.3, 0.4) is 0 Å². The first-order valence-electron chi connectivity index (χ1n) is 4.09. The summed E-state index contributed by atoms with van der Waals surface area (Å²) in [5.74, 6) is 0. The van der Waals surface area contributed by atoms with E-state index < -0.39 is 5.31 Å². The average Bonchev–Trinajstić information content (AvgIpc) is 2.15. The van der Waals surface area contributed by atoms with E-state index in [1.807, 2.05) is 6.92 Å². The zero-order valence-corrected chi connectivity index (χ0v) is 9.89. The summed E-state index contributed by atoms with van der Waals surface area (Å²) in [6.45, 7) is 2.04. The van der Waals surface area contributed by atoms with Gasteiger partial charge in [0, 0.05) is 0 Å². The van der Waals surface area contributed by atoms with Crippen molar-refractivity contribution in [3.8, 4) is 0 Å². The van der Waals surface area contributed by atoms with Crippen molar-refractivity contribution in [2.24, 2.45) is 0 Å². The molecule has 0 fully saturated rings. The Morgan fingerprint density at radius 1 is 1.08 bits per heavy atom. The van der Waals surface area contributed by atoms with Crippen LogP contribution in [0.4, 0.5) is 0 Å². The summed E-state index contributed by atoms with van der Waals surface area (Å²) in [6, 6.07) is 0. The zero-order valence-electron chi connectivity index (χ0n) is 7.41. The minimum absolute atomic E-state index is 0.126. The van der Waals surface area contributed by atoms with Gasteiger partial charge in [-0.2, -0.15) is 0 Å². The van der Waals surface area contributed by atoms with Gasteiger partial charge >= 0.3 is 81.1 Å². The third-order valence-corrected chi connectivity index (χ3v) is 8.77. The molecule has 0 aliphatic rings. The number of aliphatic hydroxyl groups is 3. The Bertz CT molecular complexity index is 128. The maximum atomic E-state index is 9.15. The van der Waals surface area contributed by atoms with Gasteiger partial charge in [-0.15, -0.1) is 0 Å². The van der Waals surface area contributed by atoms with E-state index in [0.717, 1.165) is 12.8 Å². The van der Waals surface area contributed by atoms with E-state index >= 15 is 0 Å². The molecule has 0 heterocycles. The van der Waals surface area contributed by atoms with Gasteiger partial charge in [0.2, 0.25) is 0 Å². The molecule has 0 aliphatic carbocycles. The molecule has 0 aromatic heterocycles. The van der Waals surface area contributed by atoms with Crippen LogP contribution in [0.2, 0.25) is 0 Å². The van der Waals surface area contributed by atoms with Gasteiger partial charge in [0.15, 0.2) is 0 Å². The van der Waals surface area contributed by atoms with Gasteiger partial charge in [-0.3, -0.25) is 0 Å². The maximum absolute atomic E-state index is 9.15. The number of hydrogen-bond donors (Lipinski definition) is 3. The Hall–Kier alpha value is 0.790. The van der Waals surface area contributed by atoms with E-state index in [9.17, 15) is 0 Å². The van der Waals surface area contributed by atoms with Crippen LogP contribution in [0.15, 0.2) is 0 Å². The van der Waals surface area contributed by atoms with Crippen LogP contribution in [-0.4, -0.2) is 40.5 Å². The van der Waals surface area contributed by atoms with Crippen molar-refractivity contribution >= 4 is 20.8 Å². The second kappa shape index (κ2) is 4.87. The molecule has 0 saturated heterocycles. The van der Waals surface area contributed by atoms with Crippen molar-refractivity contribution in [2.45, 2.75) is 19.8 Å². The van der Waals surface area contributed by atoms with Crippen LogP contribution in [0.1, 0.15) is 19.8 Å². The molecule has 0 radical (unpaired) electrons. The molecular weight excluding hydrogens is 243 g/mol. The predicted molar refractivity (Wildman–Crippen MR) is 56.9 cm³/mol. The molecule has 0 aliphatic heterocycles. The quantitative estimate of drug-likeness (QED) is 0.635. The van der Waals surface area contributed by atoms with Gasteiger partial charge in [-0.05, 0) is 0 Å². The summed E-state index contributed by atoms with van der Waals surface area (Å²) >= 11 is 3.37. The van der Waals surface area contributed by atoms with Crippen molar-refractivity contribution in [1.82, 2.24) is 0 Å². The van der Waals surface area contributed by atoms with Crippen molar-refractivity contribution < 1.29 is 15.3 Å². The number of rotatable bonds is 6. The van der Waals surface area contributed by atoms with Crippen LogP contribution in [0.25, 0.3) is 0 Å². The normalized spacial score (nSPS) is 15.6. The molecule has 12 heavy (non-hydrogen) atoms. The van der Waals surface area contributed by atoms with Crippen molar-refractivity contribution in [3.05, 3.63) is 0 Å². The Balaban J connectivity index is 4.35. The first kappa shape index (κ1) is 12.8. The Labute approximate surface area is 81.5 Å². The summed E-state index contributed by atoms with van der Waals surface area (Å²) in [7, 11) is 0. The fraction of sp³-hybridized carbons (Fsp3) is 1.00. The van der Waals surface area contributed by atoms with Gasteiger partial charge in [0.1, 0.15) is 0 Å². The molecule has 0 aromatic rings. The van der Waals surface area contributed by atoms with E-state index in [0.29, 0.717) is 6.16 Å². The van der Waals surface area contributed by atoms with E-state index in [-0.39, 0.29) is 19.0 Å². The van der Waals surface area contributed by atoms with Gasteiger partial charge in [-0.25, -0.2) is 0 Å². The van der Waals surface area contributed by atoms with Gasteiger partial charge in [0.25, 0.3) is 0 Å². The Kier molecular flexibility index (Phi) is 5.19. The number of hydrogen-bond acceptors (Lipinski definition) is 3. The molecule has 0 amide bonds. The second-order valence-electron chi connectivity index (χ2n) is 3.32. The van der Waals surface area contributed by atoms with Crippen molar-refractivity contribution in [2.75, 3.05) is 25.2 Å². The van der Waals surface area contributed by atoms with Crippen LogP contribution < -0.4 is 0 Å². The van der Waals surface area contributed by atoms with Gasteiger partial charge in [0.05, 0.1) is 0 Å². The molecule has 0 aromatic carbocycles. The zero-order chi connectivity index (χ0) is 9.69. The predicted octanol–water partition coefficient (Wildman–Crippen LogP) is 1.50. The van der Waals surface area contributed by atoms with Crippen molar-refractivity contribution in [3.63, 3.8) is 0 Å². The molecule has 76 valence electrons. The molecule has 3 nitrogen and oxygen atoms in total. The third-order valence-electron chi connectivity index (χ3n) is 2.13. The number of aliphatic hydroxyl groups excluding tert-OH is 3. The molecule has 0 unspecified atom stereocenters. The first-order valence-corrected chi connectivity index (χ1v) is 9.09. The summed E-state index contributed by atoms with van der Waals surface area (Å²) < 4.78 is 0. The van der Waals surface area contributed by atoms with E-state index in [4.69, 9.17) is 15.3 Å². The van der Waals surface area contributed by atoms with Crippen LogP contribution in [-0.2, 0) is 0 Å². The molecule has 0 bridgehead atoms. The summed E-state index contributed by atoms with van der Waals surface area (Å²) in [5.41, 5.74) is 0. The SMILES string of the molecule is CCCCP(Br)(CO)(CO)CO. The number of unbranched alkanes of at least 4 members (excludes halogenated alkanes) is 1. The number of halogens is 1. The standard InChI is InChI=1S/C7H18BrO3P/c1-2-3-4-12(8,5-9,6-10)7-11/h9-11H,2-7H2,1H3. The fourth-order valence-electron chi connectivity index (χ4n) is 0.900. The average molecular weight is 261 g/mol. The summed E-state index contributed by atoms with van der Waals surface area (Å²) in [4.78, 5) is 0. The van der Waals surface area contributed by atoms with Gasteiger partial charge in [-0.1, -0.05) is 0 Å². The van der Waals surface area contributed by atoms with Gasteiger partial charge < -0.3 is 0 Å².